The normalized spacial score (nSPS) is 11.8. The minimum atomic E-state index is -1.61. The third-order valence-corrected chi connectivity index (χ3v) is 2.07. The van der Waals surface area contributed by atoms with Gasteiger partial charge in [0.1, 0.15) is 0 Å². The highest BCUT2D eigenvalue weighted by molar-refractivity contribution is 14.1. The first-order valence-corrected chi connectivity index (χ1v) is 5.53. The molecule has 0 fully saturated rings. The number of aliphatic hydroxyl groups is 2. The van der Waals surface area contributed by atoms with Crippen molar-refractivity contribution in [1.82, 2.24) is 0 Å². The maximum atomic E-state index is 9.10. The highest BCUT2D eigenvalue weighted by Gasteiger charge is 2.31. The summed E-state index contributed by atoms with van der Waals surface area (Å²) in [7, 11) is -1.61. The molecular weight excluding hydrogens is 302 g/mol. The Labute approximate surface area is 98.4 Å². The lowest BCUT2D eigenvalue weighted by Crippen LogP contribution is -2.44. The Morgan fingerprint density at radius 2 is 1.36 bits per heavy atom. The number of hydrogen-bond acceptors (Lipinski definition) is 5. The fourth-order valence-corrected chi connectivity index (χ4v) is 0.378. The summed E-state index contributed by atoms with van der Waals surface area (Å²) in [6, 6.07) is 0. The molecule has 0 atom stereocenters. The molecule has 7 heteroatoms. The molecule has 0 aromatic rings. The summed E-state index contributed by atoms with van der Waals surface area (Å²) in [4.78, 5) is 0. The van der Waals surface area contributed by atoms with Gasteiger partial charge in [-0.15, -0.1) is 0 Å². The van der Waals surface area contributed by atoms with Crippen LogP contribution in [0.15, 0.2) is 0 Å². The predicted molar refractivity (Wildman–Crippen MR) is 62.8 cm³/mol. The Balaban J connectivity index is 0. The monoisotopic (exact) mass is 320 g/mol. The topological polar surface area (TPSA) is 90.2 Å². The van der Waals surface area contributed by atoms with Crippen LogP contribution in [0.5, 0.6) is 0 Å². The van der Waals surface area contributed by atoms with E-state index < -0.39 is 18.5 Å². The van der Waals surface area contributed by atoms with Crippen LogP contribution in [0.3, 0.4) is 0 Å². The molecule has 0 aliphatic carbocycles. The van der Waals surface area contributed by atoms with E-state index in [-0.39, 0.29) is 0 Å². The first-order valence-electron chi connectivity index (χ1n) is 4.01. The van der Waals surface area contributed by atoms with E-state index in [2.05, 4.69) is 4.65 Å². The van der Waals surface area contributed by atoms with Gasteiger partial charge in [-0.1, -0.05) is 22.6 Å². The van der Waals surface area contributed by atoms with Crippen LogP contribution in [0.2, 0.25) is 0 Å². The zero-order valence-electron chi connectivity index (χ0n) is 8.86. The highest BCUT2D eigenvalue weighted by atomic mass is 127. The molecule has 0 heterocycles. The lowest BCUT2D eigenvalue weighted by molar-refractivity contribution is -0.107. The number of alkyl halides is 1. The van der Waals surface area contributed by atoms with Crippen LogP contribution in [0, 0.1) is 0 Å². The molecule has 0 aromatic heterocycles. The molecule has 0 amide bonds. The fraction of sp³-hybridized carbons (Fsp3) is 1.00. The number of halogens is 1. The quantitative estimate of drug-likeness (QED) is 0.331. The van der Waals surface area contributed by atoms with Crippen molar-refractivity contribution >= 4 is 29.9 Å². The molecule has 14 heavy (non-hydrogen) atoms. The molecule has 0 saturated heterocycles. The zero-order chi connectivity index (χ0) is 12.0. The molecular formula is C7H18BIO5. The van der Waals surface area contributed by atoms with Crippen LogP contribution < -0.4 is 0 Å². The molecule has 86 valence electrons. The molecule has 4 N–H and O–H groups in total. The summed E-state index contributed by atoms with van der Waals surface area (Å²) in [5, 5.41) is 34.0. The summed E-state index contributed by atoms with van der Waals surface area (Å²) in [6.07, 6.45) is 0. The van der Waals surface area contributed by atoms with Crippen LogP contribution in [0.25, 0.3) is 0 Å². The first-order chi connectivity index (χ1) is 6.02. The van der Waals surface area contributed by atoms with Crippen molar-refractivity contribution in [3.8, 4) is 0 Å². The van der Waals surface area contributed by atoms with Crippen LogP contribution in [-0.4, -0.2) is 43.4 Å². The van der Waals surface area contributed by atoms with Gasteiger partial charge in [-0.05, 0) is 27.7 Å². The van der Waals surface area contributed by atoms with E-state index in [1.807, 2.05) is 22.6 Å². The van der Waals surface area contributed by atoms with E-state index in [9.17, 15) is 0 Å². The Morgan fingerprint density at radius 1 is 1.07 bits per heavy atom. The van der Waals surface area contributed by atoms with Crippen LogP contribution in [-0.2, 0) is 4.65 Å². The van der Waals surface area contributed by atoms with Gasteiger partial charge in [0.05, 0.1) is 15.8 Å². The fourth-order valence-electron chi connectivity index (χ4n) is 0.0563. The van der Waals surface area contributed by atoms with Gasteiger partial charge in [0, 0.05) is 0 Å². The van der Waals surface area contributed by atoms with Crippen LogP contribution in [0.1, 0.15) is 27.7 Å². The summed E-state index contributed by atoms with van der Waals surface area (Å²) >= 11 is 1.86. The van der Waals surface area contributed by atoms with Gasteiger partial charge >= 0.3 is 7.32 Å². The molecule has 0 unspecified atom stereocenters. The zero-order valence-corrected chi connectivity index (χ0v) is 11.0. The molecule has 0 saturated carbocycles. The molecule has 0 spiro atoms. The van der Waals surface area contributed by atoms with Gasteiger partial charge < -0.3 is 24.9 Å². The van der Waals surface area contributed by atoms with E-state index in [0.29, 0.717) is 4.61 Å². The molecule has 5 nitrogen and oxygen atoms in total. The van der Waals surface area contributed by atoms with E-state index in [0.717, 1.165) is 0 Å². The second-order valence-corrected chi connectivity index (χ2v) is 4.34. The van der Waals surface area contributed by atoms with Gasteiger partial charge in [0.25, 0.3) is 0 Å². The summed E-state index contributed by atoms with van der Waals surface area (Å²) < 4.78 is 4.44. The number of rotatable bonds is 3. The van der Waals surface area contributed by atoms with Crippen LogP contribution >= 0.6 is 22.6 Å². The van der Waals surface area contributed by atoms with E-state index in [1.54, 1.807) is 27.7 Å². The second kappa shape index (κ2) is 6.97. The van der Waals surface area contributed by atoms with E-state index >= 15 is 0 Å². The smallest absolute Gasteiger partial charge is 0.402 e. The van der Waals surface area contributed by atoms with Crippen molar-refractivity contribution in [3.63, 3.8) is 0 Å². The third-order valence-electron chi connectivity index (χ3n) is 1.71. The van der Waals surface area contributed by atoms with Gasteiger partial charge in [0.2, 0.25) is 0 Å². The Morgan fingerprint density at radius 3 is 1.36 bits per heavy atom. The largest absolute Gasteiger partial charge is 0.634 e. The molecule has 0 aromatic carbocycles. The van der Waals surface area contributed by atoms with Crippen molar-refractivity contribution in [2.45, 2.75) is 38.9 Å². The predicted octanol–water partition coefficient (Wildman–Crippen LogP) is -0.107. The van der Waals surface area contributed by atoms with E-state index in [4.69, 9.17) is 20.3 Å². The first kappa shape index (κ1) is 17.0. The van der Waals surface area contributed by atoms with Crippen molar-refractivity contribution in [2.75, 3.05) is 4.61 Å². The maximum absolute atomic E-state index is 9.10. The third kappa shape index (κ3) is 10.7. The molecule has 0 radical (unpaired) electrons. The standard InChI is InChI=1S/C6H14O2.CH4BIO3/c1-5(2,7)6(3,4)8;3-1-6-2(4)5/h7-8H,1-4H3;4-5H,1H2. The lowest BCUT2D eigenvalue weighted by Gasteiger charge is -2.31. The van der Waals surface area contributed by atoms with Crippen molar-refractivity contribution in [1.29, 1.82) is 0 Å². The van der Waals surface area contributed by atoms with Crippen molar-refractivity contribution < 1.29 is 24.9 Å². The molecule has 0 aliphatic rings. The Bertz CT molecular complexity index is 128. The number of hydrogen-bond donors (Lipinski definition) is 4. The SMILES string of the molecule is CC(C)(O)C(C)(C)O.OB(O)OCI. The Hall–Kier alpha value is 0.595. The summed E-state index contributed by atoms with van der Waals surface area (Å²) in [6.45, 7) is 6.31. The van der Waals surface area contributed by atoms with Gasteiger partial charge in [0.15, 0.2) is 0 Å². The molecule has 0 rings (SSSR count). The van der Waals surface area contributed by atoms with Crippen molar-refractivity contribution in [2.24, 2.45) is 0 Å². The van der Waals surface area contributed by atoms with Gasteiger partial charge in [-0.3, -0.25) is 0 Å². The Kier molecular flexibility index (Phi) is 8.46. The maximum Gasteiger partial charge on any atom is 0.634 e. The molecule has 0 aliphatic heterocycles. The second-order valence-electron chi connectivity index (χ2n) is 3.72. The van der Waals surface area contributed by atoms with E-state index in [1.165, 1.54) is 0 Å². The minimum absolute atomic E-state index is 0.301. The summed E-state index contributed by atoms with van der Waals surface area (Å²) in [5.41, 5.74) is -2.01. The average Bonchev–Trinajstić information content (AvgIpc) is 1.82. The molecule has 0 bridgehead atoms. The van der Waals surface area contributed by atoms with Gasteiger partial charge in [-0.2, -0.15) is 0 Å². The van der Waals surface area contributed by atoms with Gasteiger partial charge in [-0.25, -0.2) is 0 Å². The lowest BCUT2D eigenvalue weighted by atomic mass is 9.90. The minimum Gasteiger partial charge on any atom is -0.402 e. The summed E-state index contributed by atoms with van der Waals surface area (Å²) in [5.74, 6) is 0. The highest BCUT2D eigenvalue weighted by Crippen LogP contribution is 2.19. The van der Waals surface area contributed by atoms with Crippen molar-refractivity contribution in [3.05, 3.63) is 0 Å². The average molecular weight is 320 g/mol. The van der Waals surface area contributed by atoms with Crippen LogP contribution in [0.4, 0.5) is 0 Å².